The number of amides is 1. The summed E-state index contributed by atoms with van der Waals surface area (Å²) in [5, 5.41) is 17.0. The van der Waals surface area contributed by atoms with Gasteiger partial charge >= 0.3 is 0 Å². The average molecular weight is 419 g/mol. The highest BCUT2D eigenvalue weighted by Crippen LogP contribution is 2.21. The molecule has 7 nitrogen and oxygen atoms in total. The summed E-state index contributed by atoms with van der Waals surface area (Å²) in [6.45, 7) is 1.37. The summed E-state index contributed by atoms with van der Waals surface area (Å²) < 4.78 is 1.07. The first kappa shape index (κ1) is 20.0. The maximum absolute atomic E-state index is 12.9. The van der Waals surface area contributed by atoms with Gasteiger partial charge in [-0.1, -0.05) is 35.3 Å². The summed E-state index contributed by atoms with van der Waals surface area (Å²) >= 11 is 11.9. The average Bonchev–Trinajstić information content (AvgIpc) is 2.68. The second kappa shape index (κ2) is 8.52. The fraction of sp³-hybridized carbons (Fsp3) is 0.158. The van der Waals surface area contributed by atoms with Crippen molar-refractivity contribution in [2.45, 2.75) is 13.0 Å². The van der Waals surface area contributed by atoms with Gasteiger partial charge in [0, 0.05) is 22.8 Å². The van der Waals surface area contributed by atoms with Crippen LogP contribution in [0.4, 0.5) is 0 Å². The quantitative estimate of drug-likeness (QED) is 0.663. The number of benzene rings is 1. The van der Waals surface area contributed by atoms with Crippen LogP contribution in [-0.4, -0.2) is 38.4 Å². The highest BCUT2D eigenvalue weighted by atomic mass is 35.5. The van der Waals surface area contributed by atoms with Crippen LogP contribution in [0.3, 0.4) is 0 Å². The number of nitrogens with zero attached hydrogens (tertiary/aromatic N) is 3. The van der Waals surface area contributed by atoms with Crippen molar-refractivity contribution in [1.29, 1.82) is 0 Å². The van der Waals surface area contributed by atoms with Crippen molar-refractivity contribution >= 4 is 29.1 Å². The standard InChI is InChI=1S/C19H16Cl2N4O3/c1-11(10-26)23-18(27)16-7-17(12-2-4-13(20)5-3-12)24-25(19(16)28)15-6-14(21)8-22-9-15/h2-9,11,26H,10H2,1H3,(H,23,27). The number of rotatable bonds is 5. The van der Waals surface area contributed by atoms with E-state index >= 15 is 0 Å². The van der Waals surface area contributed by atoms with E-state index in [1.807, 2.05) is 0 Å². The number of halogens is 2. The van der Waals surface area contributed by atoms with Gasteiger partial charge < -0.3 is 10.4 Å². The van der Waals surface area contributed by atoms with Gasteiger partial charge in [-0.15, -0.1) is 0 Å². The zero-order chi connectivity index (χ0) is 20.3. The zero-order valence-electron chi connectivity index (χ0n) is 14.8. The van der Waals surface area contributed by atoms with Crippen LogP contribution in [0.25, 0.3) is 16.9 Å². The van der Waals surface area contributed by atoms with Crippen LogP contribution in [0.5, 0.6) is 0 Å². The molecule has 2 aromatic heterocycles. The van der Waals surface area contributed by atoms with E-state index in [-0.39, 0.29) is 12.2 Å². The van der Waals surface area contributed by atoms with Gasteiger partial charge in [0.2, 0.25) is 0 Å². The van der Waals surface area contributed by atoms with Crippen molar-refractivity contribution in [3.63, 3.8) is 0 Å². The summed E-state index contributed by atoms with van der Waals surface area (Å²) in [5.41, 5.74) is 0.609. The van der Waals surface area contributed by atoms with Crippen LogP contribution >= 0.6 is 23.2 Å². The number of pyridine rings is 1. The topological polar surface area (TPSA) is 97.1 Å². The first-order chi connectivity index (χ1) is 13.4. The molecule has 3 aromatic rings. The van der Waals surface area contributed by atoms with E-state index in [4.69, 9.17) is 23.2 Å². The lowest BCUT2D eigenvalue weighted by Crippen LogP contribution is -2.39. The number of hydrogen-bond donors (Lipinski definition) is 2. The van der Waals surface area contributed by atoms with Gasteiger partial charge in [0.05, 0.1) is 29.2 Å². The Bertz CT molecular complexity index is 1070. The Hall–Kier alpha value is -2.74. The number of nitrogens with one attached hydrogen (secondary N) is 1. The van der Waals surface area contributed by atoms with Gasteiger partial charge in [0.15, 0.2) is 0 Å². The Kier molecular flexibility index (Phi) is 6.08. The lowest BCUT2D eigenvalue weighted by atomic mass is 10.1. The molecule has 0 aliphatic carbocycles. The highest BCUT2D eigenvalue weighted by molar-refractivity contribution is 6.30. The van der Waals surface area contributed by atoms with E-state index in [1.54, 1.807) is 31.2 Å². The van der Waals surface area contributed by atoms with E-state index in [2.05, 4.69) is 15.4 Å². The predicted octanol–water partition coefficient (Wildman–Crippen LogP) is 2.71. The molecule has 1 atom stereocenters. The molecule has 2 N–H and O–H groups in total. The van der Waals surface area contributed by atoms with E-state index in [0.29, 0.717) is 27.0 Å². The van der Waals surface area contributed by atoms with E-state index in [1.165, 1.54) is 24.5 Å². The monoisotopic (exact) mass is 418 g/mol. The maximum atomic E-state index is 12.9. The van der Waals surface area contributed by atoms with Crippen LogP contribution in [0, 0.1) is 0 Å². The second-order valence-electron chi connectivity index (χ2n) is 6.09. The lowest BCUT2D eigenvalue weighted by molar-refractivity contribution is 0.0920. The van der Waals surface area contributed by atoms with Crippen molar-refractivity contribution in [2.24, 2.45) is 0 Å². The summed E-state index contributed by atoms with van der Waals surface area (Å²) in [4.78, 5) is 29.5. The van der Waals surface area contributed by atoms with Crippen LogP contribution in [0.2, 0.25) is 10.0 Å². The minimum atomic E-state index is -0.635. The summed E-state index contributed by atoms with van der Waals surface area (Å²) in [7, 11) is 0. The Morgan fingerprint density at radius 1 is 1.18 bits per heavy atom. The smallest absolute Gasteiger partial charge is 0.284 e. The number of aliphatic hydroxyl groups is 1. The highest BCUT2D eigenvalue weighted by Gasteiger charge is 2.19. The molecule has 0 radical (unpaired) electrons. The summed E-state index contributed by atoms with van der Waals surface area (Å²) in [5.74, 6) is -0.618. The fourth-order valence-electron chi connectivity index (χ4n) is 2.46. The number of carbonyl (C=O) groups is 1. The number of hydrogen-bond acceptors (Lipinski definition) is 5. The molecule has 0 bridgehead atoms. The molecule has 1 aromatic carbocycles. The minimum Gasteiger partial charge on any atom is -0.394 e. The first-order valence-electron chi connectivity index (χ1n) is 8.32. The Morgan fingerprint density at radius 2 is 1.89 bits per heavy atom. The molecular weight excluding hydrogens is 403 g/mol. The normalized spacial score (nSPS) is 11.9. The maximum Gasteiger partial charge on any atom is 0.284 e. The fourth-order valence-corrected chi connectivity index (χ4v) is 2.75. The van der Waals surface area contributed by atoms with Gasteiger partial charge in [-0.2, -0.15) is 9.78 Å². The van der Waals surface area contributed by atoms with Gasteiger partial charge in [-0.05, 0) is 31.2 Å². The Balaban J connectivity index is 2.19. The van der Waals surface area contributed by atoms with Gasteiger partial charge in [-0.3, -0.25) is 14.6 Å². The van der Waals surface area contributed by atoms with Gasteiger partial charge in [0.1, 0.15) is 5.56 Å². The molecular formula is C19H16Cl2N4O3. The number of aliphatic hydroxyl groups excluding tert-OH is 1. The van der Waals surface area contributed by atoms with E-state index in [0.717, 1.165) is 4.68 Å². The van der Waals surface area contributed by atoms with Gasteiger partial charge in [0.25, 0.3) is 11.5 Å². The number of aromatic nitrogens is 3. The van der Waals surface area contributed by atoms with Crippen molar-refractivity contribution in [1.82, 2.24) is 20.1 Å². The Morgan fingerprint density at radius 3 is 2.54 bits per heavy atom. The van der Waals surface area contributed by atoms with E-state index in [9.17, 15) is 14.7 Å². The zero-order valence-corrected chi connectivity index (χ0v) is 16.3. The molecule has 0 spiro atoms. The molecule has 1 amide bonds. The third-order valence-electron chi connectivity index (χ3n) is 3.88. The van der Waals surface area contributed by atoms with Crippen molar-refractivity contribution < 1.29 is 9.90 Å². The molecule has 28 heavy (non-hydrogen) atoms. The van der Waals surface area contributed by atoms with Crippen molar-refractivity contribution in [3.8, 4) is 16.9 Å². The van der Waals surface area contributed by atoms with Crippen molar-refractivity contribution in [3.05, 3.63) is 74.8 Å². The van der Waals surface area contributed by atoms with Crippen LogP contribution in [-0.2, 0) is 0 Å². The summed E-state index contributed by atoms with van der Waals surface area (Å²) in [6.07, 6.45) is 2.85. The van der Waals surface area contributed by atoms with Crippen LogP contribution in [0.15, 0.2) is 53.6 Å². The molecule has 3 rings (SSSR count). The molecule has 9 heteroatoms. The van der Waals surface area contributed by atoms with E-state index < -0.39 is 17.5 Å². The second-order valence-corrected chi connectivity index (χ2v) is 6.96. The molecule has 0 saturated carbocycles. The molecule has 0 saturated heterocycles. The largest absolute Gasteiger partial charge is 0.394 e. The van der Waals surface area contributed by atoms with Gasteiger partial charge in [-0.25, -0.2) is 0 Å². The lowest BCUT2D eigenvalue weighted by Gasteiger charge is -2.13. The molecule has 0 aliphatic heterocycles. The SMILES string of the molecule is CC(CO)NC(=O)c1cc(-c2ccc(Cl)cc2)nn(-c2cncc(Cl)c2)c1=O. The molecule has 0 aliphatic rings. The molecule has 2 heterocycles. The Labute approximate surface area is 170 Å². The first-order valence-corrected chi connectivity index (χ1v) is 9.07. The van der Waals surface area contributed by atoms with Crippen LogP contribution in [0.1, 0.15) is 17.3 Å². The third-order valence-corrected chi connectivity index (χ3v) is 4.34. The number of carbonyl (C=O) groups excluding carboxylic acids is 1. The van der Waals surface area contributed by atoms with Crippen molar-refractivity contribution in [2.75, 3.05) is 6.61 Å². The molecule has 1 unspecified atom stereocenters. The summed E-state index contributed by atoms with van der Waals surface area (Å²) in [6, 6.07) is 9.24. The predicted molar refractivity (Wildman–Crippen MR) is 107 cm³/mol. The molecule has 0 fully saturated rings. The van der Waals surface area contributed by atoms with Crippen LogP contribution < -0.4 is 10.9 Å². The minimum absolute atomic E-state index is 0.125. The third kappa shape index (κ3) is 4.39. The molecule has 144 valence electrons.